The SMILES string of the molecule is Cc1nc(CCCC(=O)Nc2cnn(C(C)(C)C(=O)O)c2)cs1. The van der Waals surface area contributed by atoms with E-state index in [-0.39, 0.29) is 5.91 Å². The van der Waals surface area contributed by atoms with Gasteiger partial charge in [-0.25, -0.2) is 9.78 Å². The van der Waals surface area contributed by atoms with Crippen LogP contribution in [0.4, 0.5) is 5.69 Å². The highest BCUT2D eigenvalue weighted by atomic mass is 32.1. The van der Waals surface area contributed by atoms with Gasteiger partial charge in [0.15, 0.2) is 5.54 Å². The Labute approximate surface area is 138 Å². The number of amides is 1. The Morgan fingerprint density at radius 2 is 2.17 bits per heavy atom. The molecular formula is C15H20N4O3S. The lowest BCUT2D eigenvalue weighted by Crippen LogP contribution is -2.35. The number of carboxylic acids is 1. The van der Waals surface area contributed by atoms with E-state index in [2.05, 4.69) is 15.4 Å². The van der Waals surface area contributed by atoms with Gasteiger partial charge < -0.3 is 10.4 Å². The molecule has 0 unspecified atom stereocenters. The quantitative estimate of drug-likeness (QED) is 0.809. The van der Waals surface area contributed by atoms with Crippen LogP contribution in [0.25, 0.3) is 0 Å². The van der Waals surface area contributed by atoms with E-state index in [4.69, 9.17) is 5.11 Å². The number of aliphatic carboxylic acids is 1. The summed E-state index contributed by atoms with van der Waals surface area (Å²) in [6.07, 6.45) is 4.83. The van der Waals surface area contributed by atoms with Crippen LogP contribution in [0.15, 0.2) is 17.8 Å². The number of nitrogens with one attached hydrogen (secondary N) is 1. The molecule has 1 amide bonds. The molecule has 0 saturated carbocycles. The molecule has 0 aliphatic carbocycles. The molecular weight excluding hydrogens is 316 g/mol. The molecule has 0 bridgehead atoms. The Morgan fingerprint density at radius 1 is 1.43 bits per heavy atom. The summed E-state index contributed by atoms with van der Waals surface area (Å²) in [7, 11) is 0. The Kier molecular flexibility index (Phi) is 5.15. The lowest BCUT2D eigenvalue weighted by molar-refractivity contribution is -0.146. The zero-order chi connectivity index (χ0) is 17.0. The molecule has 0 saturated heterocycles. The van der Waals surface area contributed by atoms with Gasteiger partial charge in [0.05, 0.1) is 22.6 Å². The maximum atomic E-state index is 11.9. The minimum Gasteiger partial charge on any atom is -0.479 e. The van der Waals surface area contributed by atoms with Crippen LogP contribution in [0.1, 0.15) is 37.4 Å². The lowest BCUT2D eigenvalue weighted by Gasteiger charge is -2.19. The van der Waals surface area contributed by atoms with Crippen LogP contribution in [0.5, 0.6) is 0 Å². The molecule has 0 aromatic carbocycles. The first-order valence-electron chi connectivity index (χ1n) is 7.28. The Hall–Kier alpha value is -2.22. The van der Waals surface area contributed by atoms with Gasteiger partial charge in [0.2, 0.25) is 5.91 Å². The van der Waals surface area contributed by atoms with E-state index in [0.29, 0.717) is 18.5 Å². The van der Waals surface area contributed by atoms with Crippen molar-refractivity contribution >= 4 is 28.9 Å². The van der Waals surface area contributed by atoms with E-state index in [1.807, 2.05) is 12.3 Å². The van der Waals surface area contributed by atoms with Gasteiger partial charge in [-0.05, 0) is 33.6 Å². The van der Waals surface area contributed by atoms with Gasteiger partial charge >= 0.3 is 5.97 Å². The van der Waals surface area contributed by atoms with Crippen molar-refractivity contribution in [2.24, 2.45) is 0 Å². The average molecular weight is 336 g/mol. The molecule has 0 radical (unpaired) electrons. The average Bonchev–Trinajstić information content (AvgIpc) is 3.08. The van der Waals surface area contributed by atoms with Crippen molar-refractivity contribution in [3.63, 3.8) is 0 Å². The number of rotatable bonds is 7. The summed E-state index contributed by atoms with van der Waals surface area (Å²) in [5.41, 5.74) is 0.344. The standard InChI is InChI=1S/C15H20N4O3S/c1-10-17-11(9-23-10)5-4-6-13(20)18-12-7-16-19(8-12)15(2,3)14(21)22/h7-9H,4-6H2,1-3H3,(H,18,20)(H,21,22). The third-order valence-electron chi connectivity index (χ3n) is 3.47. The largest absolute Gasteiger partial charge is 0.479 e. The highest BCUT2D eigenvalue weighted by Gasteiger charge is 2.30. The number of carboxylic acid groups (broad SMARTS) is 1. The fourth-order valence-corrected chi connectivity index (χ4v) is 2.61. The molecule has 2 heterocycles. The van der Waals surface area contributed by atoms with Gasteiger partial charge in [-0.15, -0.1) is 11.3 Å². The van der Waals surface area contributed by atoms with E-state index >= 15 is 0 Å². The number of hydrogen-bond acceptors (Lipinski definition) is 5. The van der Waals surface area contributed by atoms with Gasteiger partial charge in [-0.1, -0.05) is 0 Å². The number of nitrogens with zero attached hydrogens (tertiary/aromatic N) is 3. The molecule has 0 atom stereocenters. The number of anilines is 1. The third-order valence-corrected chi connectivity index (χ3v) is 4.29. The van der Waals surface area contributed by atoms with Gasteiger partial charge in [-0.3, -0.25) is 9.48 Å². The van der Waals surface area contributed by atoms with Gasteiger partial charge in [0.25, 0.3) is 0 Å². The van der Waals surface area contributed by atoms with Crippen LogP contribution in [0.2, 0.25) is 0 Å². The van der Waals surface area contributed by atoms with Crippen molar-refractivity contribution in [3.8, 4) is 0 Å². The summed E-state index contributed by atoms with van der Waals surface area (Å²) < 4.78 is 1.32. The van der Waals surface area contributed by atoms with Crippen LogP contribution in [-0.2, 0) is 21.5 Å². The first-order chi connectivity index (χ1) is 10.8. The van der Waals surface area contributed by atoms with Crippen molar-refractivity contribution in [2.75, 3.05) is 5.32 Å². The molecule has 0 aliphatic rings. The van der Waals surface area contributed by atoms with Crippen molar-refractivity contribution in [1.82, 2.24) is 14.8 Å². The number of aromatic nitrogens is 3. The third kappa shape index (κ3) is 4.38. The number of hydrogen-bond donors (Lipinski definition) is 2. The Morgan fingerprint density at radius 3 is 2.78 bits per heavy atom. The minimum atomic E-state index is -1.16. The fraction of sp³-hybridized carbons (Fsp3) is 0.467. The highest BCUT2D eigenvalue weighted by Crippen LogP contribution is 2.17. The number of carbonyl (C=O) groups is 2. The monoisotopic (exact) mass is 336 g/mol. The molecule has 0 aliphatic heterocycles. The summed E-state index contributed by atoms with van der Waals surface area (Å²) in [5, 5.41) is 18.9. The van der Waals surface area contributed by atoms with Crippen molar-refractivity contribution < 1.29 is 14.7 Å². The Balaban J connectivity index is 1.84. The van der Waals surface area contributed by atoms with Gasteiger partial charge in [0, 0.05) is 18.0 Å². The summed E-state index contributed by atoms with van der Waals surface area (Å²) in [4.78, 5) is 27.5. The maximum absolute atomic E-state index is 11.9. The molecule has 8 heteroatoms. The summed E-state index contributed by atoms with van der Waals surface area (Å²) in [5.74, 6) is -1.11. The zero-order valence-corrected chi connectivity index (χ0v) is 14.2. The first kappa shape index (κ1) is 17.1. The van der Waals surface area contributed by atoms with Crippen molar-refractivity contribution in [1.29, 1.82) is 0 Å². The van der Waals surface area contributed by atoms with Crippen LogP contribution in [0.3, 0.4) is 0 Å². The topological polar surface area (TPSA) is 97.1 Å². The highest BCUT2D eigenvalue weighted by molar-refractivity contribution is 7.09. The van der Waals surface area contributed by atoms with Crippen molar-refractivity contribution in [2.45, 2.75) is 45.6 Å². The van der Waals surface area contributed by atoms with E-state index in [9.17, 15) is 9.59 Å². The second-order valence-corrected chi connectivity index (χ2v) is 6.86. The summed E-state index contributed by atoms with van der Waals surface area (Å²) in [6.45, 7) is 5.05. The van der Waals surface area contributed by atoms with Crippen molar-refractivity contribution in [3.05, 3.63) is 28.5 Å². The minimum absolute atomic E-state index is 0.121. The first-order valence-corrected chi connectivity index (χ1v) is 8.16. The molecule has 7 nitrogen and oxygen atoms in total. The van der Waals surface area contributed by atoms with E-state index in [1.165, 1.54) is 17.1 Å². The Bertz CT molecular complexity index is 705. The molecule has 2 aromatic rings. The van der Waals surface area contributed by atoms with Crippen LogP contribution >= 0.6 is 11.3 Å². The summed E-state index contributed by atoms with van der Waals surface area (Å²) >= 11 is 1.60. The van der Waals surface area contributed by atoms with Crippen LogP contribution in [-0.4, -0.2) is 31.7 Å². The normalized spacial score (nSPS) is 11.4. The number of thiazole rings is 1. The molecule has 2 rings (SSSR count). The van der Waals surface area contributed by atoms with Crippen LogP contribution in [0, 0.1) is 6.92 Å². The molecule has 0 fully saturated rings. The van der Waals surface area contributed by atoms with E-state index < -0.39 is 11.5 Å². The van der Waals surface area contributed by atoms with Gasteiger partial charge in [0.1, 0.15) is 0 Å². The molecule has 0 spiro atoms. The fourth-order valence-electron chi connectivity index (χ4n) is 1.97. The number of aryl methyl sites for hydroxylation is 2. The van der Waals surface area contributed by atoms with Gasteiger partial charge in [-0.2, -0.15) is 5.10 Å². The second-order valence-electron chi connectivity index (χ2n) is 5.80. The lowest BCUT2D eigenvalue weighted by atomic mass is 10.1. The zero-order valence-electron chi connectivity index (χ0n) is 13.4. The maximum Gasteiger partial charge on any atom is 0.331 e. The predicted molar refractivity (Wildman–Crippen MR) is 87.6 cm³/mol. The molecule has 124 valence electrons. The van der Waals surface area contributed by atoms with Crippen LogP contribution < -0.4 is 5.32 Å². The molecule has 2 aromatic heterocycles. The second kappa shape index (κ2) is 6.91. The number of carbonyl (C=O) groups excluding carboxylic acids is 1. The predicted octanol–water partition coefficient (Wildman–Crippen LogP) is 2.43. The molecule has 2 N–H and O–H groups in total. The van der Waals surface area contributed by atoms with E-state index in [1.54, 1.807) is 25.2 Å². The summed E-state index contributed by atoms with van der Waals surface area (Å²) in [6, 6.07) is 0. The molecule has 23 heavy (non-hydrogen) atoms. The smallest absolute Gasteiger partial charge is 0.331 e. The van der Waals surface area contributed by atoms with E-state index in [0.717, 1.165) is 17.1 Å².